The summed E-state index contributed by atoms with van der Waals surface area (Å²) in [5.74, 6) is 1.81. The molecule has 3 aliphatic rings. The molecule has 10 rings (SSSR count). The van der Waals surface area contributed by atoms with Crippen LogP contribution in [0.4, 0.5) is 0 Å². The molecule has 212 valence electrons. The van der Waals surface area contributed by atoms with E-state index in [1.54, 1.807) is 0 Å². The molecule has 0 saturated carbocycles. The van der Waals surface area contributed by atoms with Crippen LogP contribution in [0.3, 0.4) is 0 Å². The van der Waals surface area contributed by atoms with Gasteiger partial charge in [0.1, 0.15) is 17.2 Å². The number of nitrogens with zero attached hydrogens (tertiary/aromatic N) is 3. The Balaban J connectivity index is 1.26. The van der Waals surface area contributed by atoms with E-state index in [4.69, 9.17) is 4.74 Å². The van der Waals surface area contributed by atoms with Crippen molar-refractivity contribution in [3.8, 4) is 61.8 Å². The maximum absolute atomic E-state index is 6.82. The first-order valence-corrected chi connectivity index (χ1v) is 15.5. The van der Waals surface area contributed by atoms with Crippen LogP contribution in [-0.4, -0.2) is 4.68 Å². The lowest BCUT2D eigenvalue weighted by Crippen LogP contribution is -2.73. The predicted octanol–water partition coefficient (Wildman–Crippen LogP) is 8.37. The minimum absolute atomic E-state index is 0.581. The maximum atomic E-state index is 6.82. The zero-order chi connectivity index (χ0) is 29.9. The first kappa shape index (κ1) is 24.7. The van der Waals surface area contributed by atoms with E-state index in [0.29, 0.717) is 0 Å². The van der Waals surface area contributed by atoms with E-state index in [2.05, 4.69) is 168 Å². The molecule has 1 unspecified atom stereocenters. The normalized spacial score (nSPS) is 16.0. The first-order valence-electron chi connectivity index (χ1n) is 15.5. The minimum Gasteiger partial charge on any atom is -0.455 e. The lowest BCUT2D eigenvalue weighted by molar-refractivity contribution is -0.988. The summed E-state index contributed by atoms with van der Waals surface area (Å²) >= 11 is 0. The van der Waals surface area contributed by atoms with Crippen molar-refractivity contribution in [1.29, 1.82) is 0 Å². The molecule has 4 nitrogen and oxygen atoms in total. The zero-order valence-electron chi connectivity index (χ0n) is 25.0. The Labute approximate surface area is 261 Å². The second-order valence-corrected chi connectivity index (χ2v) is 12.4. The predicted molar refractivity (Wildman–Crippen MR) is 175 cm³/mol. The molecular formula is C41H29N3O+2. The highest BCUT2D eigenvalue weighted by molar-refractivity contribution is 5.84. The monoisotopic (exact) mass is 579 g/mol. The van der Waals surface area contributed by atoms with Gasteiger partial charge in [-0.15, -0.1) is 9.25 Å². The maximum Gasteiger partial charge on any atom is 0.447 e. The molecule has 5 heterocycles. The third-order valence-electron chi connectivity index (χ3n) is 9.90. The molecule has 0 aliphatic carbocycles. The Morgan fingerprint density at radius 2 is 1.29 bits per heavy atom. The molecule has 0 amide bonds. The molecule has 0 fully saturated rings. The van der Waals surface area contributed by atoms with Gasteiger partial charge in [0.05, 0.1) is 11.8 Å². The molecule has 0 saturated heterocycles. The van der Waals surface area contributed by atoms with E-state index in [9.17, 15) is 0 Å². The summed E-state index contributed by atoms with van der Waals surface area (Å²) < 4.78 is 13.9. The molecule has 0 bridgehead atoms. The third-order valence-corrected chi connectivity index (χ3v) is 9.90. The van der Waals surface area contributed by atoms with Gasteiger partial charge in [-0.05, 0) is 87.3 Å². The van der Waals surface area contributed by atoms with Crippen molar-refractivity contribution in [1.82, 2.24) is 4.68 Å². The topological polar surface area (TPSA) is 21.9 Å². The Morgan fingerprint density at radius 1 is 0.578 bits per heavy atom. The van der Waals surface area contributed by atoms with Gasteiger partial charge in [0.25, 0.3) is 0 Å². The highest BCUT2D eigenvalue weighted by atomic mass is 16.5. The van der Waals surface area contributed by atoms with Gasteiger partial charge >= 0.3 is 5.66 Å². The highest BCUT2D eigenvalue weighted by Crippen LogP contribution is 2.56. The average molecular weight is 580 g/mol. The second-order valence-electron chi connectivity index (χ2n) is 12.4. The van der Waals surface area contributed by atoms with Crippen molar-refractivity contribution in [3.63, 3.8) is 0 Å². The van der Waals surface area contributed by atoms with Crippen molar-refractivity contribution in [3.05, 3.63) is 162 Å². The van der Waals surface area contributed by atoms with Crippen molar-refractivity contribution < 1.29 is 14.0 Å². The summed E-state index contributed by atoms with van der Waals surface area (Å²) in [5, 5.41) is 0. The lowest BCUT2D eigenvalue weighted by Gasteiger charge is -2.24. The van der Waals surface area contributed by atoms with Crippen LogP contribution in [0.25, 0.3) is 50.3 Å². The van der Waals surface area contributed by atoms with E-state index in [0.717, 1.165) is 22.7 Å². The Bertz CT molecular complexity index is 2350. The molecule has 2 aromatic heterocycles. The SMILES string of the molecule is Cc1cc(-c2ccccc2)cc(C)c1-c1cc[n+]2c(c1)-c1cc(-c3ccccc3)cc3c1C21c2c(cccc2-n2ccc[n+]21)O3. The number of hydrogen-bond acceptors (Lipinski definition) is 1. The van der Waals surface area contributed by atoms with Crippen LogP contribution < -0.4 is 14.0 Å². The van der Waals surface area contributed by atoms with Gasteiger partial charge in [0.2, 0.25) is 11.9 Å². The molecule has 5 aromatic carbocycles. The summed E-state index contributed by atoms with van der Waals surface area (Å²) in [4.78, 5) is 0. The van der Waals surface area contributed by atoms with Crippen LogP contribution in [0.1, 0.15) is 22.3 Å². The van der Waals surface area contributed by atoms with E-state index < -0.39 is 5.66 Å². The molecule has 3 aliphatic heterocycles. The standard InChI is InChI=1S/C41H29N3O/c1-26-21-31(28-11-5-3-6-12-28)22-27(2)38(26)30-17-20-42-35(24-30)33-23-32(29-13-7-4-8-14-29)25-37-39(33)41(42)40-34(15-9-16-36(40)45-37)43-18-10-19-44(41)43/h3-25H,1-2H3/q+2. The van der Waals surface area contributed by atoms with Crippen molar-refractivity contribution in [2.24, 2.45) is 0 Å². The van der Waals surface area contributed by atoms with Crippen molar-refractivity contribution in [2.75, 3.05) is 0 Å². The third kappa shape index (κ3) is 3.11. The fourth-order valence-electron chi connectivity index (χ4n) is 8.19. The van der Waals surface area contributed by atoms with Crippen LogP contribution in [0.5, 0.6) is 11.5 Å². The summed E-state index contributed by atoms with van der Waals surface area (Å²) in [5.41, 5.74) is 15.2. The summed E-state index contributed by atoms with van der Waals surface area (Å²) in [7, 11) is 0. The zero-order valence-corrected chi connectivity index (χ0v) is 25.0. The molecule has 0 N–H and O–H groups in total. The van der Waals surface area contributed by atoms with E-state index in [-0.39, 0.29) is 0 Å². The molecule has 0 radical (unpaired) electrons. The van der Waals surface area contributed by atoms with E-state index in [1.807, 2.05) is 0 Å². The molecule has 4 heteroatoms. The van der Waals surface area contributed by atoms with E-state index in [1.165, 1.54) is 61.3 Å². The number of aryl methyl sites for hydroxylation is 2. The van der Waals surface area contributed by atoms with Gasteiger partial charge in [-0.25, -0.2) is 0 Å². The van der Waals surface area contributed by atoms with Crippen LogP contribution in [0.15, 0.2) is 140 Å². The molecule has 1 spiro atoms. The van der Waals surface area contributed by atoms with Crippen LogP contribution in [-0.2, 0) is 5.66 Å². The number of rotatable bonds is 3. The fraction of sp³-hybridized carbons (Fsp3) is 0.0732. The van der Waals surface area contributed by atoms with Gasteiger partial charge in [0.15, 0.2) is 17.3 Å². The molecule has 45 heavy (non-hydrogen) atoms. The summed E-state index contributed by atoms with van der Waals surface area (Å²) in [6.07, 6.45) is 6.64. The van der Waals surface area contributed by atoms with Crippen LogP contribution in [0, 0.1) is 13.8 Å². The number of hydrogen-bond donors (Lipinski definition) is 0. The molecule has 7 aromatic rings. The second kappa shape index (κ2) is 8.67. The number of fused-ring (bicyclic) bond motifs is 4. The average Bonchev–Trinajstić information content (AvgIpc) is 3.75. The minimum atomic E-state index is -0.581. The van der Waals surface area contributed by atoms with Gasteiger partial charge in [-0.2, -0.15) is 0 Å². The summed E-state index contributed by atoms with van der Waals surface area (Å²) in [6.45, 7) is 4.47. The number of pyridine rings is 1. The van der Waals surface area contributed by atoms with Gasteiger partial charge in [0, 0.05) is 18.2 Å². The first-order chi connectivity index (χ1) is 22.1. The van der Waals surface area contributed by atoms with Crippen molar-refractivity contribution >= 4 is 0 Å². The smallest absolute Gasteiger partial charge is 0.447 e. The fourth-order valence-corrected chi connectivity index (χ4v) is 8.19. The Hall–Kier alpha value is -5.74. The quantitative estimate of drug-likeness (QED) is 0.193. The van der Waals surface area contributed by atoms with Crippen LogP contribution in [0.2, 0.25) is 0 Å². The molecule has 1 atom stereocenters. The highest BCUT2D eigenvalue weighted by Gasteiger charge is 2.72. The number of aromatic nitrogens is 3. The Kier molecular flexibility index (Phi) is 4.76. The summed E-state index contributed by atoms with van der Waals surface area (Å²) in [6, 6.07) is 43.7. The molecular weight excluding hydrogens is 550 g/mol. The van der Waals surface area contributed by atoms with Crippen LogP contribution >= 0.6 is 0 Å². The van der Waals surface area contributed by atoms with Gasteiger partial charge < -0.3 is 4.74 Å². The van der Waals surface area contributed by atoms with Crippen molar-refractivity contribution in [2.45, 2.75) is 19.5 Å². The van der Waals surface area contributed by atoms with E-state index >= 15 is 0 Å². The van der Waals surface area contributed by atoms with Gasteiger partial charge in [-0.3, -0.25) is 0 Å². The number of ether oxygens (including phenoxy) is 1. The Morgan fingerprint density at radius 3 is 2.02 bits per heavy atom. The number of benzene rings is 5. The van der Waals surface area contributed by atoms with Gasteiger partial charge in [-0.1, -0.05) is 78.9 Å². The lowest BCUT2D eigenvalue weighted by atomic mass is 9.85. The largest absolute Gasteiger partial charge is 0.455 e.